The fraction of sp³-hybridized carbons (Fsp3) is 0.185. The van der Waals surface area contributed by atoms with Crippen molar-refractivity contribution in [3.8, 4) is 16.9 Å². The second-order valence-corrected chi connectivity index (χ2v) is 8.20. The molecule has 0 saturated heterocycles. The van der Waals surface area contributed by atoms with Crippen LogP contribution in [0.4, 0.5) is 0 Å². The lowest BCUT2D eigenvalue weighted by molar-refractivity contribution is -0.125. The van der Waals surface area contributed by atoms with Gasteiger partial charge in [-0.2, -0.15) is 5.10 Å². The summed E-state index contributed by atoms with van der Waals surface area (Å²) < 4.78 is 7.03. The lowest BCUT2D eigenvalue weighted by atomic mass is 9.88. The zero-order valence-electron chi connectivity index (χ0n) is 18.6. The van der Waals surface area contributed by atoms with Gasteiger partial charge in [-0.15, -0.1) is 0 Å². The number of para-hydroxylation sites is 1. The monoisotopic (exact) mass is 452 g/mol. The molecule has 0 bridgehead atoms. The summed E-state index contributed by atoms with van der Waals surface area (Å²) in [5.74, 6) is -0.936. The fourth-order valence-electron chi connectivity index (χ4n) is 4.30. The highest BCUT2D eigenvalue weighted by molar-refractivity contribution is 5.97. The van der Waals surface area contributed by atoms with Crippen molar-refractivity contribution < 1.29 is 14.3 Å². The molecular weight excluding hydrogens is 428 g/mol. The summed E-state index contributed by atoms with van der Waals surface area (Å²) in [6.07, 6.45) is 7.81. The topological polar surface area (TPSA) is 86.1 Å². The molecule has 170 valence electrons. The third kappa shape index (κ3) is 4.59. The maximum absolute atomic E-state index is 13.0. The molecule has 2 aromatic heterocycles. The van der Waals surface area contributed by atoms with Gasteiger partial charge < -0.3 is 10.1 Å². The predicted octanol–water partition coefficient (Wildman–Crippen LogP) is 4.28. The zero-order chi connectivity index (χ0) is 23.3. The van der Waals surface area contributed by atoms with E-state index in [-0.39, 0.29) is 24.1 Å². The number of carbonyl (C=O) groups is 2. The Hall–Kier alpha value is -4.26. The molecule has 7 heteroatoms. The van der Waals surface area contributed by atoms with E-state index < -0.39 is 5.97 Å². The van der Waals surface area contributed by atoms with Gasteiger partial charge in [0.05, 0.1) is 11.7 Å². The average molecular weight is 453 g/mol. The van der Waals surface area contributed by atoms with Crippen molar-refractivity contribution in [3.05, 3.63) is 102 Å². The van der Waals surface area contributed by atoms with Crippen molar-refractivity contribution in [2.24, 2.45) is 0 Å². The van der Waals surface area contributed by atoms with Crippen molar-refractivity contribution >= 4 is 11.9 Å². The summed E-state index contributed by atoms with van der Waals surface area (Å²) >= 11 is 0. The molecule has 2 heterocycles. The molecule has 1 aliphatic carbocycles. The number of nitrogens with zero attached hydrogens (tertiary/aromatic N) is 3. The molecule has 1 aliphatic rings. The van der Waals surface area contributed by atoms with Crippen LogP contribution in [-0.4, -0.2) is 33.2 Å². The van der Waals surface area contributed by atoms with Crippen molar-refractivity contribution in [2.45, 2.75) is 25.3 Å². The van der Waals surface area contributed by atoms with Crippen molar-refractivity contribution in [2.75, 3.05) is 6.61 Å². The van der Waals surface area contributed by atoms with Crippen LogP contribution in [0.5, 0.6) is 0 Å². The molecular formula is C27H24N4O3. The van der Waals surface area contributed by atoms with E-state index >= 15 is 0 Å². The Kier molecular flexibility index (Phi) is 6.16. The number of rotatable bonds is 6. The van der Waals surface area contributed by atoms with E-state index in [1.54, 1.807) is 29.3 Å². The van der Waals surface area contributed by atoms with E-state index in [4.69, 9.17) is 4.74 Å². The number of esters is 1. The number of carbonyl (C=O) groups excluding carboxylic acids is 2. The van der Waals surface area contributed by atoms with Crippen LogP contribution >= 0.6 is 0 Å². The van der Waals surface area contributed by atoms with Gasteiger partial charge in [0, 0.05) is 24.2 Å². The molecule has 1 N–H and O–H groups in total. The minimum Gasteiger partial charge on any atom is -0.452 e. The molecule has 4 aromatic rings. The van der Waals surface area contributed by atoms with E-state index in [1.165, 1.54) is 5.56 Å². The molecule has 7 nitrogen and oxygen atoms in total. The van der Waals surface area contributed by atoms with Crippen LogP contribution in [0.1, 0.15) is 40.4 Å². The lowest BCUT2D eigenvalue weighted by Crippen LogP contribution is -2.34. The first-order chi connectivity index (χ1) is 16.7. The Bertz CT molecular complexity index is 1300. The van der Waals surface area contributed by atoms with E-state index in [0.29, 0.717) is 11.3 Å². The summed E-state index contributed by atoms with van der Waals surface area (Å²) in [7, 11) is 0. The first kappa shape index (κ1) is 21.6. The van der Waals surface area contributed by atoms with Crippen LogP contribution < -0.4 is 5.32 Å². The molecule has 2 aromatic carbocycles. The Balaban J connectivity index is 1.32. The van der Waals surface area contributed by atoms with Gasteiger partial charge in [0.15, 0.2) is 6.61 Å². The van der Waals surface area contributed by atoms with Gasteiger partial charge in [0.1, 0.15) is 11.3 Å². The predicted molar refractivity (Wildman–Crippen MR) is 127 cm³/mol. The molecule has 1 atom stereocenters. The van der Waals surface area contributed by atoms with E-state index in [1.807, 2.05) is 54.6 Å². The second kappa shape index (κ2) is 9.70. The molecule has 0 fully saturated rings. The van der Waals surface area contributed by atoms with Crippen LogP contribution in [0, 0.1) is 0 Å². The van der Waals surface area contributed by atoms with Gasteiger partial charge in [-0.05, 0) is 54.7 Å². The highest BCUT2D eigenvalue weighted by atomic mass is 16.5. The fourth-order valence-corrected chi connectivity index (χ4v) is 4.30. The maximum Gasteiger partial charge on any atom is 0.342 e. The third-order valence-corrected chi connectivity index (χ3v) is 5.93. The Morgan fingerprint density at radius 1 is 1.03 bits per heavy atom. The van der Waals surface area contributed by atoms with Crippen molar-refractivity contribution in [3.63, 3.8) is 0 Å². The summed E-state index contributed by atoms with van der Waals surface area (Å²) in [5.41, 5.74) is 4.60. The quantitative estimate of drug-likeness (QED) is 0.441. The number of hydrogen-bond donors (Lipinski definition) is 1. The minimum absolute atomic E-state index is 0.0667. The number of nitrogens with one attached hydrogen (secondary N) is 1. The number of amides is 1. The zero-order valence-corrected chi connectivity index (χ0v) is 18.6. The molecule has 0 saturated carbocycles. The molecule has 0 radical (unpaired) electrons. The van der Waals surface area contributed by atoms with E-state index in [2.05, 4.69) is 21.5 Å². The van der Waals surface area contributed by atoms with Crippen LogP contribution in [0.3, 0.4) is 0 Å². The molecule has 0 aliphatic heterocycles. The van der Waals surface area contributed by atoms with Crippen LogP contribution in [0.2, 0.25) is 0 Å². The van der Waals surface area contributed by atoms with E-state index in [9.17, 15) is 9.59 Å². The SMILES string of the molecule is O=C(COC(=O)c1cn(-c2ccccc2)nc1-c1cccnc1)NC1CCCc2ccccc21. The number of hydrogen-bond acceptors (Lipinski definition) is 5. The average Bonchev–Trinajstić information content (AvgIpc) is 3.34. The Labute approximate surface area is 197 Å². The second-order valence-electron chi connectivity index (χ2n) is 8.20. The molecule has 1 amide bonds. The van der Waals surface area contributed by atoms with Crippen molar-refractivity contribution in [1.82, 2.24) is 20.1 Å². The van der Waals surface area contributed by atoms with Gasteiger partial charge in [0.25, 0.3) is 5.91 Å². The Morgan fingerprint density at radius 2 is 1.85 bits per heavy atom. The van der Waals surface area contributed by atoms with E-state index in [0.717, 1.165) is 30.5 Å². The summed E-state index contributed by atoms with van der Waals surface area (Å²) in [4.78, 5) is 29.8. The van der Waals surface area contributed by atoms with Crippen molar-refractivity contribution in [1.29, 1.82) is 0 Å². The Morgan fingerprint density at radius 3 is 2.68 bits per heavy atom. The number of aromatic nitrogens is 3. The molecule has 0 spiro atoms. The lowest BCUT2D eigenvalue weighted by Gasteiger charge is -2.26. The van der Waals surface area contributed by atoms with Gasteiger partial charge in [0.2, 0.25) is 0 Å². The standard InChI is InChI=1S/C27H24N4O3/c32-25(29-24-14-6-9-19-8-4-5-13-22(19)24)18-34-27(33)23-17-31(21-11-2-1-3-12-21)30-26(23)20-10-7-15-28-16-20/h1-5,7-8,10-13,15-17,24H,6,9,14,18H2,(H,29,32). The van der Waals surface area contributed by atoms with Crippen LogP contribution in [0.25, 0.3) is 16.9 Å². The van der Waals surface area contributed by atoms with Gasteiger partial charge in [-0.3, -0.25) is 9.78 Å². The first-order valence-corrected chi connectivity index (χ1v) is 11.3. The highest BCUT2D eigenvalue weighted by Gasteiger charge is 2.24. The number of ether oxygens (including phenoxy) is 1. The smallest absolute Gasteiger partial charge is 0.342 e. The molecule has 5 rings (SSSR count). The molecule has 34 heavy (non-hydrogen) atoms. The third-order valence-electron chi connectivity index (χ3n) is 5.93. The van der Waals surface area contributed by atoms with Gasteiger partial charge in [-0.25, -0.2) is 9.48 Å². The first-order valence-electron chi connectivity index (χ1n) is 11.3. The number of pyridine rings is 1. The molecule has 1 unspecified atom stereocenters. The maximum atomic E-state index is 13.0. The summed E-state index contributed by atoms with van der Waals surface area (Å²) in [5, 5.41) is 7.61. The van der Waals surface area contributed by atoms with Crippen LogP contribution in [0.15, 0.2) is 85.3 Å². The highest BCUT2D eigenvalue weighted by Crippen LogP contribution is 2.29. The number of benzene rings is 2. The minimum atomic E-state index is -0.611. The summed E-state index contributed by atoms with van der Waals surface area (Å²) in [6, 6.07) is 21.2. The van der Waals surface area contributed by atoms with Gasteiger partial charge >= 0.3 is 5.97 Å². The number of aryl methyl sites for hydroxylation is 1. The van der Waals surface area contributed by atoms with Crippen LogP contribution in [-0.2, 0) is 16.0 Å². The summed E-state index contributed by atoms with van der Waals surface area (Å²) in [6.45, 7) is -0.361. The normalized spacial score (nSPS) is 14.8. The van der Waals surface area contributed by atoms with Gasteiger partial charge in [-0.1, -0.05) is 42.5 Å². The number of fused-ring (bicyclic) bond motifs is 1. The largest absolute Gasteiger partial charge is 0.452 e.